The van der Waals surface area contributed by atoms with Gasteiger partial charge in [0.1, 0.15) is 5.15 Å². The van der Waals surface area contributed by atoms with E-state index in [1.165, 1.54) is 32.1 Å². The van der Waals surface area contributed by atoms with E-state index in [0.717, 1.165) is 17.6 Å². The minimum atomic E-state index is 0.616. The van der Waals surface area contributed by atoms with E-state index in [2.05, 4.69) is 16.9 Å². The number of hydrogen-bond acceptors (Lipinski definition) is 3. The second-order valence-corrected chi connectivity index (χ2v) is 5.56. The first-order valence-corrected chi connectivity index (χ1v) is 6.83. The maximum Gasteiger partial charge on any atom is 0.186 e. The van der Waals surface area contributed by atoms with Crippen LogP contribution in [0.5, 0.6) is 0 Å². The number of rotatable bonds is 3. The lowest BCUT2D eigenvalue weighted by molar-refractivity contribution is 0.362. The minimum Gasteiger partial charge on any atom is -0.351 e. The molecule has 0 spiro atoms. The summed E-state index contributed by atoms with van der Waals surface area (Å²) in [5.41, 5.74) is 0. The summed E-state index contributed by atoms with van der Waals surface area (Å²) in [7, 11) is 2.11. The fourth-order valence-corrected chi connectivity index (χ4v) is 3.18. The molecule has 0 bridgehead atoms. The molecule has 0 atom stereocenters. The first-order chi connectivity index (χ1) is 7.25. The molecule has 1 aliphatic rings. The van der Waals surface area contributed by atoms with Crippen LogP contribution in [0.2, 0.25) is 5.15 Å². The summed E-state index contributed by atoms with van der Waals surface area (Å²) in [5, 5.41) is 3.56. The Bertz CT molecular complexity index is 307. The molecule has 1 fully saturated rings. The van der Waals surface area contributed by atoms with Gasteiger partial charge in [0.05, 0.1) is 0 Å². The maximum atomic E-state index is 5.82. The second kappa shape index (κ2) is 5.17. The molecule has 15 heavy (non-hydrogen) atoms. The van der Waals surface area contributed by atoms with Crippen molar-refractivity contribution >= 4 is 28.1 Å². The van der Waals surface area contributed by atoms with Crippen LogP contribution >= 0.6 is 22.9 Å². The topological polar surface area (TPSA) is 16.1 Å². The van der Waals surface area contributed by atoms with Crippen molar-refractivity contribution in [1.82, 2.24) is 4.98 Å². The van der Waals surface area contributed by atoms with Gasteiger partial charge >= 0.3 is 0 Å². The molecule has 0 saturated heterocycles. The molecule has 84 valence electrons. The van der Waals surface area contributed by atoms with Gasteiger partial charge in [0, 0.05) is 19.0 Å². The highest BCUT2D eigenvalue weighted by molar-refractivity contribution is 7.14. The van der Waals surface area contributed by atoms with Gasteiger partial charge in [0.25, 0.3) is 0 Å². The zero-order valence-electron chi connectivity index (χ0n) is 9.08. The lowest BCUT2D eigenvalue weighted by Gasteiger charge is -2.26. The third-order valence-corrected chi connectivity index (χ3v) is 4.33. The Morgan fingerprint density at radius 3 is 2.80 bits per heavy atom. The Morgan fingerprint density at radius 2 is 2.20 bits per heavy atom. The Kier molecular flexibility index (Phi) is 3.87. The zero-order valence-corrected chi connectivity index (χ0v) is 10.7. The monoisotopic (exact) mass is 244 g/mol. The molecule has 2 nitrogen and oxygen atoms in total. The molecule has 1 saturated carbocycles. The van der Waals surface area contributed by atoms with Crippen LogP contribution in [0.15, 0.2) is 5.38 Å². The third kappa shape index (κ3) is 3.08. The van der Waals surface area contributed by atoms with E-state index < -0.39 is 0 Å². The zero-order chi connectivity index (χ0) is 10.7. The number of aromatic nitrogens is 1. The number of hydrogen-bond donors (Lipinski definition) is 0. The highest BCUT2D eigenvalue weighted by atomic mass is 35.5. The van der Waals surface area contributed by atoms with Gasteiger partial charge in [-0.2, -0.15) is 0 Å². The molecule has 4 heteroatoms. The molecular weight excluding hydrogens is 228 g/mol. The van der Waals surface area contributed by atoms with Gasteiger partial charge < -0.3 is 4.90 Å². The highest BCUT2D eigenvalue weighted by Gasteiger charge is 2.16. The summed E-state index contributed by atoms with van der Waals surface area (Å²) >= 11 is 7.45. The average molecular weight is 245 g/mol. The minimum absolute atomic E-state index is 0.616. The van der Waals surface area contributed by atoms with Crippen LogP contribution in [0.4, 0.5) is 5.13 Å². The molecule has 1 aromatic rings. The Morgan fingerprint density at radius 1 is 1.47 bits per heavy atom. The second-order valence-electron chi connectivity index (χ2n) is 4.34. The van der Waals surface area contributed by atoms with Crippen molar-refractivity contribution < 1.29 is 0 Å². The van der Waals surface area contributed by atoms with Crippen molar-refractivity contribution in [2.75, 3.05) is 18.5 Å². The molecule has 2 rings (SSSR count). The van der Waals surface area contributed by atoms with Gasteiger partial charge in [0.15, 0.2) is 5.13 Å². The van der Waals surface area contributed by atoms with Crippen LogP contribution in [0, 0.1) is 5.92 Å². The van der Waals surface area contributed by atoms with Gasteiger partial charge in [-0.15, -0.1) is 11.3 Å². The number of anilines is 1. The smallest absolute Gasteiger partial charge is 0.186 e. The average Bonchev–Trinajstić information content (AvgIpc) is 2.66. The van der Waals surface area contributed by atoms with Crippen molar-refractivity contribution in [1.29, 1.82) is 0 Å². The molecule has 0 aliphatic heterocycles. The maximum absolute atomic E-state index is 5.82. The van der Waals surface area contributed by atoms with Crippen LogP contribution in [0.25, 0.3) is 0 Å². The highest BCUT2D eigenvalue weighted by Crippen LogP contribution is 2.27. The van der Waals surface area contributed by atoms with Crippen molar-refractivity contribution in [3.8, 4) is 0 Å². The van der Waals surface area contributed by atoms with E-state index in [1.54, 1.807) is 11.3 Å². The van der Waals surface area contributed by atoms with Gasteiger partial charge in [-0.05, 0) is 18.8 Å². The number of halogens is 1. The summed E-state index contributed by atoms with van der Waals surface area (Å²) in [6.07, 6.45) is 6.98. The van der Waals surface area contributed by atoms with E-state index in [9.17, 15) is 0 Å². The van der Waals surface area contributed by atoms with E-state index in [0.29, 0.717) is 5.15 Å². The molecule has 0 amide bonds. The summed E-state index contributed by atoms with van der Waals surface area (Å²) in [6.45, 7) is 1.13. The lowest BCUT2D eigenvalue weighted by atomic mass is 9.89. The van der Waals surface area contributed by atoms with Crippen molar-refractivity contribution in [3.63, 3.8) is 0 Å². The van der Waals surface area contributed by atoms with Crippen LogP contribution < -0.4 is 4.90 Å². The van der Waals surface area contributed by atoms with Gasteiger partial charge in [-0.1, -0.05) is 30.9 Å². The molecule has 0 radical (unpaired) electrons. The molecule has 1 aliphatic carbocycles. The normalized spacial score (nSPS) is 18.0. The predicted molar refractivity (Wildman–Crippen MR) is 67.0 cm³/mol. The third-order valence-electron chi connectivity index (χ3n) is 3.05. The van der Waals surface area contributed by atoms with E-state index in [4.69, 9.17) is 11.6 Å². The quantitative estimate of drug-likeness (QED) is 0.804. The van der Waals surface area contributed by atoms with E-state index >= 15 is 0 Å². The van der Waals surface area contributed by atoms with E-state index in [-0.39, 0.29) is 0 Å². The molecule has 0 aromatic carbocycles. The Balaban J connectivity index is 1.88. The van der Waals surface area contributed by atoms with Crippen molar-refractivity contribution in [2.24, 2.45) is 5.92 Å². The first-order valence-electron chi connectivity index (χ1n) is 5.58. The van der Waals surface area contributed by atoms with Crippen molar-refractivity contribution in [3.05, 3.63) is 10.5 Å². The number of nitrogens with zero attached hydrogens (tertiary/aromatic N) is 2. The molecule has 0 unspecified atom stereocenters. The fourth-order valence-electron chi connectivity index (χ4n) is 2.26. The predicted octanol–water partition coefficient (Wildman–Crippen LogP) is 3.81. The summed E-state index contributed by atoms with van der Waals surface area (Å²) in [5.74, 6) is 0.853. The Hall–Kier alpha value is -0.280. The summed E-state index contributed by atoms with van der Waals surface area (Å²) in [6, 6.07) is 0. The van der Waals surface area contributed by atoms with Gasteiger partial charge in [-0.25, -0.2) is 4.98 Å². The number of thiazole rings is 1. The standard InChI is InChI=1S/C11H17ClN2S/c1-14(11-13-10(12)8-15-11)7-9-5-3-2-4-6-9/h8-9H,2-7H2,1H3. The van der Waals surface area contributed by atoms with E-state index in [1.807, 2.05) is 5.38 Å². The van der Waals surface area contributed by atoms with Gasteiger partial charge in [-0.3, -0.25) is 0 Å². The Labute approximate surface area is 100 Å². The molecule has 1 heterocycles. The van der Waals surface area contributed by atoms with Crippen LogP contribution in [-0.2, 0) is 0 Å². The van der Waals surface area contributed by atoms with Crippen LogP contribution in [0.1, 0.15) is 32.1 Å². The molecule has 0 N–H and O–H groups in total. The van der Waals surface area contributed by atoms with Crippen LogP contribution in [-0.4, -0.2) is 18.6 Å². The summed E-state index contributed by atoms with van der Waals surface area (Å²) < 4.78 is 0. The largest absolute Gasteiger partial charge is 0.351 e. The molecule has 1 aromatic heterocycles. The van der Waals surface area contributed by atoms with Crippen molar-refractivity contribution in [2.45, 2.75) is 32.1 Å². The first kappa shape index (κ1) is 11.2. The summed E-state index contributed by atoms with van der Waals surface area (Å²) in [4.78, 5) is 6.53. The van der Waals surface area contributed by atoms with Gasteiger partial charge in [0.2, 0.25) is 0 Å². The molecular formula is C11H17ClN2S. The van der Waals surface area contributed by atoms with Crippen LogP contribution in [0.3, 0.4) is 0 Å². The fraction of sp³-hybridized carbons (Fsp3) is 0.727. The lowest BCUT2D eigenvalue weighted by Crippen LogP contribution is -2.26. The SMILES string of the molecule is CN(CC1CCCCC1)c1nc(Cl)cs1.